The Morgan fingerprint density at radius 2 is 1.19 bits per heavy atom. The van der Waals surface area contributed by atoms with Crippen LogP contribution >= 0.6 is 15.9 Å². The van der Waals surface area contributed by atoms with Crippen LogP contribution in [0.2, 0.25) is 0 Å². The van der Waals surface area contributed by atoms with E-state index in [0.29, 0.717) is 0 Å². The summed E-state index contributed by atoms with van der Waals surface area (Å²) in [7, 11) is 0. The van der Waals surface area contributed by atoms with E-state index in [-0.39, 0.29) is 47.8 Å². The average molecular weight is 490 g/mol. The molecule has 0 fully saturated rings. The predicted octanol–water partition coefficient (Wildman–Crippen LogP) is 8.96. The van der Waals surface area contributed by atoms with Crippen molar-refractivity contribution in [3.63, 3.8) is 0 Å². The smallest absolute Gasteiger partial charge is 0.0651 e. The second kappa shape index (κ2) is 6.69. The Kier molecular flexibility index (Phi) is 1.62. The summed E-state index contributed by atoms with van der Waals surface area (Å²) in [4.78, 5) is 0. The molecule has 1 aromatic heterocycles. The van der Waals surface area contributed by atoms with Crippen LogP contribution in [0, 0.1) is 0 Å². The van der Waals surface area contributed by atoms with Crippen LogP contribution in [0.4, 0.5) is 0 Å². The molecule has 1 heterocycles. The van der Waals surface area contributed by atoms with Crippen molar-refractivity contribution in [1.82, 2.24) is 4.57 Å². The zero-order chi connectivity index (χ0) is 36.9. The number of hydrogen-bond acceptors (Lipinski definition) is 0. The zero-order valence-corrected chi connectivity index (χ0v) is 17.4. The molecular formula is C30H18BrN. The minimum absolute atomic E-state index is 0.00737. The molecule has 0 spiro atoms. The molecule has 150 valence electrons. The maximum absolute atomic E-state index is 9.33. The maximum Gasteiger partial charge on any atom is 0.0651 e. The van der Waals surface area contributed by atoms with E-state index in [9.17, 15) is 1.37 Å². The third kappa shape index (κ3) is 2.39. The van der Waals surface area contributed by atoms with Gasteiger partial charge < -0.3 is 4.57 Å². The van der Waals surface area contributed by atoms with Crippen molar-refractivity contribution in [2.24, 2.45) is 0 Å². The molecule has 0 aliphatic carbocycles. The van der Waals surface area contributed by atoms with Crippen LogP contribution in [0.15, 0.2) is 113 Å². The Bertz CT molecular complexity index is 2610. The van der Waals surface area contributed by atoms with E-state index in [1.807, 2.05) is 0 Å². The summed E-state index contributed by atoms with van der Waals surface area (Å²) in [6.07, 6.45) is 0. The van der Waals surface area contributed by atoms with Gasteiger partial charge >= 0.3 is 0 Å². The van der Waals surface area contributed by atoms with Gasteiger partial charge in [-0.15, -0.1) is 0 Å². The quantitative estimate of drug-likeness (QED) is 0.213. The highest BCUT2D eigenvalue weighted by atomic mass is 79.9. The fourth-order valence-corrected chi connectivity index (χ4v) is 4.57. The summed E-state index contributed by atoms with van der Waals surface area (Å²) >= 11 is 3.32. The van der Waals surface area contributed by atoms with Crippen molar-refractivity contribution in [3.05, 3.63) is 113 Å². The second-order valence-electron chi connectivity index (χ2n) is 6.95. The van der Waals surface area contributed by atoms with Gasteiger partial charge in [0.2, 0.25) is 0 Å². The van der Waals surface area contributed by atoms with Crippen molar-refractivity contribution in [2.75, 3.05) is 0 Å². The molecule has 0 saturated carbocycles. The number of rotatable bonds is 2. The largest absolute Gasteiger partial charge is 0.309 e. The van der Waals surface area contributed by atoms with Crippen LogP contribution in [-0.2, 0) is 0 Å². The van der Waals surface area contributed by atoms with Gasteiger partial charge in [-0.3, -0.25) is 0 Å². The second-order valence-corrected chi connectivity index (χ2v) is 7.74. The molecule has 7 aromatic rings. The van der Waals surface area contributed by atoms with Crippen molar-refractivity contribution < 1.29 is 24.7 Å². The number of hydrogen-bond donors (Lipinski definition) is 0. The van der Waals surface area contributed by atoms with Crippen LogP contribution in [-0.4, -0.2) is 4.57 Å². The van der Waals surface area contributed by atoms with Crippen LogP contribution in [0.1, 0.15) is 24.7 Å². The number of aromatic nitrogens is 1. The van der Waals surface area contributed by atoms with Gasteiger partial charge in [0.1, 0.15) is 0 Å². The van der Waals surface area contributed by atoms with Gasteiger partial charge in [-0.2, -0.15) is 0 Å². The van der Waals surface area contributed by atoms with Gasteiger partial charge in [0, 0.05) is 26.3 Å². The van der Waals surface area contributed by atoms with Gasteiger partial charge in [-0.05, 0) is 57.5 Å². The molecule has 1 nitrogen and oxygen atoms in total. The summed E-state index contributed by atoms with van der Waals surface area (Å²) < 4.78 is 157. The molecule has 32 heavy (non-hydrogen) atoms. The van der Waals surface area contributed by atoms with Crippen LogP contribution < -0.4 is 0 Å². The molecule has 0 aliphatic heterocycles. The first-order valence-corrected chi connectivity index (χ1v) is 10.2. The lowest BCUT2D eigenvalue weighted by molar-refractivity contribution is 1.18. The number of fused-ring (bicyclic) bond motifs is 3. The molecule has 0 unspecified atom stereocenters. The molecule has 0 saturated heterocycles. The van der Waals surface area contributed by atoms with E-state index in [4.69, 9.17) is 23.3 Å². The highest BCUT2D eigenvalue weighted by molar-refractivity contribution is 9.10. The fourth-order valence-electron chi connectivity index (χ4n) is 4.08. The molecule has 0 N–H and O–H groups in total. The predicted molar refractivity (Wildman–Crippen MR) is 140 cm³/mol. The van der Waals surface area contributed by atoms with Crippen LogP contribution in [0.25, 0.3) is 60.2 Å². The lowest BCUT2D eigenvalue weighted by Crippen LogP contribution is -1.94. The summed E-state index contributed by atoms with van der Waals surface area (Å²) in [6, 6.07) is -12.7. The van der Waals surface area contributed by atoms with Crippen molar-refractivity contribution in [1.29, 1.82) is 0 Å². The Hall–Kier alpha value is -3.62. The van der Waals surface area contributed by atoms with E-state index in [1.54, 1.807) is 0 Å². The number of nitrogens with zero attached hydrogens (tertiary/aromatic N) is 1. The molecule has 0 radical (unpaired) electrons. The van der Waals surface area contributed by atoms with E-state index >= 15 is 0 Å². The Balaban J connectivity index is 1.87. The summed E-state index contributed by atoms with van der Waals surface area (Å²) in [5.74, 6) is 0. The third-order valence-corrected chi connectivity index (χ3v) is 5.92. The molecular weight excluding hydrogens is 454 g/mol. The van der Waals surface area contributed by atoms with Gasteiger partial charge in [0.25, 0.3) is 0 Å². The first-order valence-electron chi connectivity index (χ1n) is 18.4. The summed E-state index contributed by atoms with van der Waals surface area (Å²) in [5, 5.41) is -0.635. The minimum atomic E-state index is -0.851. The van der Waals surface area contributed by atoms with Crippen molar-refractivity contribution in [3.8, 4) is 16.8 Å². The van der Waals surface area contributed by atoms with E-state index in [2.05, 4.69) is 15.9 Å². The monoisotopic (exact) mass is 489 g/mol. The molecule has 0 bridgehead atoms. The average Bonchev–Trinajstić information content (AvgIpc) is 3.43. The first-order chi connectivity index (χ1) is 23.3. The summed E-state index contributed by atoms with van der Waals surface area (Å²) in [6.45, 7) is 0. The standard InChI is InChI=1S/C30H18BrN/c31-25-16-17-27-30-28(25)23-13-5-4-12-22(23)24-14-7-15-26(29(24)30)32(27)21-11-6-10-20(18-21)19-8-2-1-3-9-19/h1-18H/i1D,2D,3D,4D,5D,6D,7D,8D,9D,10D,11D,12D,13D,14D,15D,16D,17D,18D. The van der Waals surface area contributed by atoms with Crippen LogP contribution in [0.3, 0.4) is 0 Å². The van der Waals surface area contributed by atoms with Crippen molar-refractivity contribution in [2.45, 2.75) is 0 Å². The van der Waals surface area contributed by atoms with E-state index in [0.717, 1.165) is 4.57 Å². The van der Waals surface area contributed by atoms with E-state index in [1.165, 1.54) is 0 Å². The third-order valence-electron chi connectivity index (χ3n) is 5.32. The lowest BCUT2D eigenvalue weighted by Gasteiger charge is -2.10. The van der Waals surface area contributed by atoms with Crippen LogP contribution in [0.5, 0.6) is 0 Å². The lowest BCUT2D eigenvalue weighted by atomic mass is 9.94. The van der Waals surface area contributed by atoms with Crippen molar-refractivity contribution >= 4 is 59.3 Å². The summed E-state index contributed by atoms with van der Waals surface area (Å²) in [5.41, 5.74) is -2.44. The Labute approximate surface area is 219 Å². The topological polar surface area (TPSA) is 4.93 Å². The molecule has 0 aliphatic rings. The van der Waals surface area contributed by atoms with Gasteiger partial charge in [0.15, 0.2) is 0 Å². The van der Waals surface area contributed by atoms with Gasteiger partial charge in [-0.25, -0.2) is 0 Å². The fraction of sp³-hybridized carbons (Fsp3) is 0. The highest BCUT2D eigenvalue weighted by Gasteiger charge is 2.20. The SMILES string of the molecule is [2H]c1c([2H])c([2H])c(-c2c([2H])c([2H])c([2H])c(-n3c4c([2H])c([2H])c([2H])c5c6c([2H])c([2H])c([2H])c([2H])c6c6c(Br)c([2H])c([2H])c3c6c54)c2[2H])c([2H])c1[2H]. The van der Waals surface area contributed by atoms with Gasteiger partial charge in [-0.1, -0.05) is 94.5 Å². The Morgan fingerprint density at radius 3 is 2.06 bits per heavy atom. The van der Waals surface area contributed by atoms with E-state index < -0.39 is 126 Å². The zero-order valence-electron chi connectivity index (χ0n) is 33.8. The molecule has 0 amide bonds. The molecule has 2 heteroatoms. The molecule has 7 rings (SSSR count). The van der Waals surface area contributed by atoms with Gasteiger partial charge in [0.05, 0.1) is 35.7 Å². The number of halogens is 1. The normalized spacial score (nSPS) is 19.8. The Morgan fingerprint density at radius 1 is 0.531 bits per heavy atom. The first kappa shape index (κ1) is 7.75. The number of benzene rings is 6. The molecule has 0 atom stereocenters. The minimum Gasteiger partial charge on any atom is -0.309 e. The highest BCUT2D eigenvalue weighted by Crippen LogP contribution is 2.45. The maximum atomic E-state index is 9.33. The molecule has 6 aromatic carbocycles.